The Bertz CT molecular complexity index is 663. The fraction of sp³-hybridized carbons (Fsp3) is 0.250. The third-order valence-electron chi connectivity index (χ3n) is 3.72. The van der Waals surface area contributed by atoms with Gasteiger partial charge in [0.05, 0.1) is 12.6 Å². The number of nitrogens with two attached hydrogens (primary N) is 1. The minimum absolute atomic E-state index is 0.256. The molecule has 0 saturated heterocycles. The van der Waals surface area contributed by atoms with E-state index in [9.17, 15) is 4.39 Å². The van der Waals surface area contributed by atoms with Crippen molar-refractivity contribution in [2.24, 2.45) is 5.84 Å². The molecule has 0 spiro atoms. The molecule has 3 N–H and O–H groups in total. The van der Waals surface area contributed by atoms with Crippen LogP contribution >= 0.6 is 15.9 Å². The number of hydrogen-bond donors (Lipinski definition) is 2. The predicted molar refractivity (Wildman–Crippen MR) is 83.5 cm³/mol. The van der Waals surface area contributed by atoms with E-state index in [2.05, 4.69) is 27.4 Å². The molecule has 0 fully saturated rings. The van der Waals surface area contributed by atoms with E-state index < -0.39 is 0 Å². The lowest BCUT2D eigenvalue weighted by Gasteiger charge is -2.25. The minimum atomic E-state index is -0.285. The lowest BCUT2D eigenvalue weighted by molar-refractivity contribution is 0.283. The summed E-state index contributed by atoms with van der Waals surface area (Å²) in [5.74, 6) is 6.36. The molecule has 0 amide bonds. The molecule has 0 aliphatic carbocycles. The van der Waals surface area contributed by atoms with Gasteiger partial charge in [0.15, 0.2) is 0 Å². The molecule has 5 heteroatoms. The Hall–Kier alpha value is -1.43. The smallest absolute Gasteiger partial charge is 0.127 e. The molecule has 2 aromatic rings. The zero-order valence-corrected chi connectivity index (χ0v) is 13.0. The van der Waals surface area contributed by atoms with Gasteiger partial charge in [0.2, 0.25) is 0 Å². The van der Waals surface area contributed by atoms with Crippen LogP contribution in [0.4, 0.5) is 4.39 Å². The summed E-state index contributed by atoms with van der Waals surface area (Å²) in [6.45, 7) is 0.714. The third kappa shape index (κ3) is 2.81. The molecule has 0 saturated carbocycles. The van der Waals surface area contributed by atoms with E-state index >= 15 is 0 Å². The first-order chi connectivity index (χ1) is 10.2. The van der Waals surface area contributed by atoms with Crippen LogP contribution in [0.25, 0.3) is 0 Å². The molecule has 1 aliphatic heterocycles. The van der Waals surface area contributed by atoms with E-state index in [1.165, 1.54) is 17.7 Å². The number of halogens is 2. The van der Waals surface area contributed by atoms with Gasteiger partial charge in [-0.05, 0) is 36.1 Å². The van der Waals surface area contributed by atoms with Gasteiger partial charge in [0, 0.05) is 10.0 Å². The van der Waals surface area contributed by atoms with Crippen LogP contribution in [0.2, 0.25) is 0 Å². The topological polar surface area (TPSA) is 47.3 Å². The fourth-order valence-corrected chi connectivity index (χ4v) is 3.30. The molecule has 1 heterocycles. The van der Waals surface area contributed by atoms with E-state index in [4.69, 9.17) is 10.6 Å². The van der Waals surface area contributed by atoms with E-state index in [0.717, 1.165) is 29.7 Å². The third-order valence-corrected chi connectivity index (χ3v) is 4.40. The van der Waals surface area contributed by atoms with Gasteiger partial charge in [-0.3, -0.25) is 5.84 Å². The van der Waals surface area contributed by atoms with Gasteiger partial charge in [0.1, 0.15) is 11.6 Å². The number of ether oxygens (including phenoxy) is 1. The molecule has 1 unspecified atom stereocenters. The first-order valence-electron chi connectivity index (χ1n) is 6.86. The first-order valence-corrected chi connectivity index (χ1v) is 7.65. The average Bonchev–Trinajstić information content (AvgIpc) is 2.50. The molecule has 2 aromatic carbocycles. The summed E-state index contributed by atoms with van der Waals surface area (Å²) in [6, 6.07) is 10.4. The summed E-state index contributed by atoms with van der Waals surface area (Å²) in [5.41, 5.74) is 5.85. The van der Waals surface area contributed by atoms with Gasteiger partial charge >= 0.3 is 0 Å². The quantitative estimate of drug-likeness (QED) is 0.658. The van der Waals surface area contributed by atoms with Crippen molar-refractivity contribution in [1.29, 1.82) is 0 Å². The lowest BCUT2D eigenvalue weighted by atomic mass is 9.94. The number of rotatable bonds is 3. The highest BCUT2D eigenvalue weighted by Gasteiger charge is 2.23. The van der Waals surface area contributed by atoms with Crippen molar-refractivity contribution in [2.75, 3.05) is 6.61 Å². The average molecular weight is 351 g/mol. The van der Waals surface area contributed by atoms with Crippen molar-refractivity contribution in [3.8, 4) is 5.75 Å². The Morgan fingerprint density at radius 3 is 2.86 bits per heavy atom. The maximum Gasteiger partial charge on any atom is 0.127 e. The summed E-state index contributed by atoms with van der Waals surface area (Å²) in [7, 11) is 0. The van der Waals surface area contributed by atoms with Crippen LogP contribution in [0.1, 0.15) is 29.2 Å². The Balaban J connectivity index is 2.08. The number of fused-ring (bicyclic) bond motifs is 1. The van der Waals surface area contributed by atoms with E-state index in [0.29, 0.717) is 11.1 Å². The van der Waals surface area contributed by atoms with Crippen LogP contribution in [0, 0.1) is 5.82 Å². The highest BCUT2D eigenvalue weighted by Crippen LogP contribution is 2.37. The maximum atomic E-state index is 13.3. The zero-order valence-electron chi connectivity index (χ0n) is 11.4. The molecule has 1 atom stereocenters. The highest BCUT2D eigenvalue weighted by molar-refractivity contribution is 9.10. The SMILES string of the molecule is NNC(c1ccc(F)cc1Br)c1cccc2c1OCCC2. The number of para-hydroxylation sites is 1. The lowest BCUT2D eigenvalue weighted by Crippen LogP contribution is -2.30. The van der Waals surface area contributed by atoms with Gasteiger partial charge in [-0.15, -0.1) is 0 Å². The van der Waals surface area contributed by atoms with Crippen molar-refractivity contribution >= 4 is 15.9 Å². The molecule has 3 nitrogen and oxygen atoms in total. The van der Waals surface area contributed by atoms with E-state index in [1.54, 1.807) is 6.07 Å². The van der Waals surface area contributed by atoms with Gasteiger partial charge in [0.25, 0.3) is 0 Å². The maximum absolute atomic E-state index is 13.3. The Morgan fingerprint density at radius 1 is 1.24 bits per heavy atom. The van der Waals surface area contributed by atoms with Crippen LogP contribution < -0.4 is 16.0 Å². The summed E-state index contributed by atoms with van der Waals surface area (Å²) in [4.78, 5) is 0. The van der Waals surface area contributed by atoms with Gasteiger partial charge < -0.3 is 4.74 Å². The number of benzene rings is 2. The summed E-state index contributed by atoms with van der Waals surface area (Å²) in [6.07, 6.45) is 2.03. The van der Waals surface area contributed by atoms with Gasteiger partial charge in [-0.2, -0.15) is 0 Å². The summed E-state index contributed by atoms with van der Waals surface area (Å²) >= 11 is 3.41. The predicted octanol–water partition coefficient (Wildman–Crippen LogP) is 3.47. The second-order valence-corrected chi connectivity index (χ2v) is 5.91. The fourth-order valence-electron chi connectivity index (χ4n) is 2.72. The van der Waals surface area contributed by atoms with Crippen LogP contribution in [0.5, 0.6) is 5.75 Å². The van der Waals surface area contributed by atoms with Crippen LogP contribution in [-0.4, -0.2) is 6.61 Å². The molecular weight excluding hydrogens is 335 g/mol. The van der Waals surface area contributed by atoms with Crippen molar-refractivity contribution in [1.82, 2.24) is 5.43 Å². The summed E-state index contributed by atoms with van der Waals surface area (Å²) in [5, 5.41) is 0. The van der Waals surface area contributed by atoms with Crippen LogP contribution in [0.3, 0.4) is 0 Å². The number of nitrogens with one attached hydrogen (secondary N) is 1. The Morgan fingerprint density at radius 2 is 2.10 bits per heavy atom. The molecule has 1 aliphatic rings. The molecule has 0 radical (unpaired) electrons. The molecule has 0 bridgehead atoms. The minimum Gasteiger partial charge on any atom is -0.493 e. The van der Waals surface area contributed by atoms with Crippen molar-refractivity contribution in [3.63, 3.8) is 0 Å². The highest BCUT2D eigenvalue weighted by atomic mass is 79.9. The number of hydrogen-bond acceptors (Lipinski definition) is 3. The molecule has 21 heavy (non-hydrogen) atoms. The van der Waals surface area contributed by atoms with Crippen molar-refractivity contribution in [3.05, 3.63) is 63.4 Å². The van der Waals surface area contributed by atoms with E-state index in [1.807, 2.05) is 12.1 Å². The molecule has 0 aromatic heterocycles. The van der Waals surface area contributed by atoms with Gasteiger partial charge in [-0.1, -0.05) is 40.2 Å². The zero-order chi connectivity index (χ0) is 14.8. The van der Waals surface area contributed by atoms with Crippen LogP contribution in [-0.2, 0) is 6.42 Å². The number of hydrazine groups is 1. The number of aryl methyl sites for hydroxylation is 1. The Kier molecular flexibility index (Phi) is 4.24. The molecule has 3 rings (SSSR count). The second-order valence-electron chi connectivity index (χ2n) is 5.05. The molecule has 110 valence electrons. The largest absolute Gasteiger partial charge is 0.493 e. The van der Waals surface area contributed by atoms with E-state index in [-0.39, 0.29) is 11.9 Å². The molecular formula is C16H16BrFN2O. The van der Waals surface area contributed by atoms with Gasteiger partial charge in [-0.25, -0.2) is 9.82 Å². The normalized spacial score (nSPS) is 15.2. The van der Waals surface area contributed by atoms with Crippen molar-refractivity contribution < 1.29 is 9.13 Å². The Labute approximate surface area is 131 Å². The van der Waals surface area contributed by atoms with Crippen molar-refractivity contribution in [2.45, 2.75) is 18.9 Å². The standard InChI is InChI=1S/C16H16BrFN2O/c17-14-9-11(18)6-7-12(14)15(20-19)13-5-1-3-10-4-2-8-21-16(10)13/h1,3,5-7,9,15,20H,2,4,8,19H2. The second kappa shape index (κ2) is 6.13. The monoisotopic (exact) mass is 350 g/mol. The van der Waals surface area contributed by atoms with Crippen LogP contribution in [0.15, 0.2) is 40.9 Å². The summed E-state index contributed by atoms with van der Waals surface area (Å²) < 4.78 is 19.8. The first kappa shape index (κ1) is 14.5.